The molecule has 6 heteroatoms. The van der Waals surface area contributed by atoms with Crippen molar-refractivity contribution in [3.05, 3.63) is 103 Å². The van der Waals surface area contributed by atoms with E-state index in [1.807, 2.05) is 84.9 Å². The second-order valence-corrected chi connectivity index (χ2v) is 7.79. The number of nitrogens with one attached hydrogen (secondary N) is 2. The topological polar surface area (TPSA) is 70.7 Å². The molecule has 4 rings (SSSR count). The maximum absolute atomic E-state index is 13.1. The minimum atomic E-state index is -0.267. The first kappa shape index (κ1) is 22.9. The standard InChI is InChI=1S/C28H27N3O3/c1-34-26-15-8-7-14-25(26)30-28(33)31(24-12-3-2-4-13-24)19-9-18-29-27(32)23-17-16-21-10-5-6-11-22(21)20-23/h2-8,10-17,20H,9,18-19H2,1H3,(H,29,32)(H,30,33). The second kappa shape index (κ2) is 11.0. The molecule has 0 radical (unpaired) electrons. The minimum Gasteiger partial charge on any atom is -0.495 e. The molecule has 0 bridgehead atoms. The van der Waals surface area contributed by atoms with Gasteiger partial charge < -0.3 is 15.4 Å². The monoisotopic (exact) mass is 453 g/mol. The van der Waals surface area contributed by atoms with Crippen LogP contribution in [0.4, 0.5) is 16.2 Å². The number of amides is 3. The van der Waals surface area contributed by atoms with Crippen molar-refractivity contribution in [2.24, 2.45) is 0 Å². The van der Waals surface area contributed by atoms with E-state index in [-0.39, 0.29) is 11.9 Å². The van der Waals surface area contributed by atoms with Crippen molar-refractivity contribution in [1.29, 1.82) is 0 Å². The van der Waals surface area contributed by atoms with E-state index in [1.165, 1.54) is 0 Å². The highest BCUT2D eigenvalue weighted by Crippen LogP contribution is 2.24. The van der Waals surface area contributed by atoms with E-state index in [2.05, 4.69) is 10.6 Å². The number of carbonyl (C=O) groups is 2. The normalized spacial score (nSPS) is 10.5. The van der Waals surface area contributed by atoms with Crippen molar-refractivity contribution >= 4 is 34.1 Å². The Hall–Kier alpha value is -4.32. The molecule has 0 saturated heterocycles. The Morgan fingerprint density at radius 3 is 2.32 bits per heavy atom. The Balaban J connectivity index is 1.38. The van der Waals surface area contributed by atoms with Crippen molar-refractivity contribution in [2.75, 3.05) is 30.4 Å². The van der Waals surface area contributed by atoms with Crippen LogP contribution in [0.5, 0.6) is 5.75 Å². The lowest BCUT2D eigenvalue weighted by Crippen LogP contribution is -2.37. The Morgan fingerprint density at radius 1 is 0.824 bits per heavy atom. The van der Waals surface area contributed by atoms with E-state index in [9.17, 15) is 9.59 Å². The first-order valence-electron chi connectivity index (χ1n) is 11.2. The van der Waals surface area contributed by atoms with Gasteiger partial charge in [0.05, 0.1) is 12.8 Å². The van der Waals surface area contributed by atoms with Gasteiger partial charge in [-0.2, -0.15) is 0 Å². The maximum Gasteiger partial charge on any atom is 0.326 e. The van der Waals surface area contributed by atoms with Crippen molar-refractivity contribution in [3.8, 4) is 5.75 Å². The lowest BCUT2D eigenvalue weighted by atomic mass is 10.1. The van der Waals surface area contributed by atoms with Crippen molar-refractivity contribution in [3.63, 3.8) is 0 Å². The lowest BCUT2D eigenvalue weighted by Gasteiger charge is -2.24. The molecule has 0 aromatic heterocycles. The number of para-hydroxylation sites is 3. The quantitative estimate of drug-likeness (QED) is 0.336. The number of benzene rings is 4. The summed E-state index contributed by atoms with van der Waals surface area (Å²) in [4.78, 5) is 27.4. The predicted octanol–water partition coefficient (Wildman–Crippen LogP) is 5.71. The van der Waals surface area contributed by atoms with Crippen LogP contribution in [0.25, 0.3) is 10.8 Å². The van der Waals surface area contributed by atoms with E-state index in [0.717, 1.165) is 16.5 Å². The zero-order chi connectivity index (χ0) is 23.8. The summed E-state index contributed by atoms with van der Waals surface area (Å²) in [5.41, 5.74) is 1.99. The summed E-state index contributed by atoms with van der Waals surface area (Å²) in [5.74, 6) is 0.460. The molecule has 172 valence electrons. The number of methoxy groups -OCH3 is 1. The molecule has 0 aliphatic carbocycles. The Labute approximate surface area is 199 Å². The highest BCUT2D eigenvalue weighted by atomic mass is 16.5. The van der Waals surface area contributed by atoms with Crippen LogP contribution in [0.2, 0.25) is 0 Å². The third kappa shape index (κ3) is 5.53. The van der Waals surface area contributed by atoms with E-state index in [1.54, 1.807) is 24.1 Å². The zero-order valence-electron chi connectivity index (χ0n) is 19.0. The summed E-state index contributed by atoms with van der Waals surface area (Å²) in [7, 11) is 1.57. The number of urea groups is 1. The van der Waals surface area contributed by atoms with E-state index in [0.29, 0.717) is 36.5 Å². The van der Waals surface area contributed by atoms with Crippen LogP contribution >= 0.6 is 0 Å². The molecule has 0 fully saturated rings. The summed E-state index contributed by atoms with van der Waals surface area (Å²) in [5, 5.41) is 8.01. The minimum absolute atomic E-state index is 0.129. The Kier molecular flexibility index (Phi) is 7.40. The summed E-state index contributed by atoms with van der Waals surface area (Å²) < 4.78 is 5.34. The predicted molar refractivity (Wildman–Crippen MR) is 137 cm³/mol. The van der Waals surface area contributed by atoms with Gasteiger partial charge in [0.15, 0.2) is 0 Å². The van der Waals surface area contributed by atoms with E-state index < -0.39 is 0 Å². The Bertz CT molecular complexity index is 1270. The summed E-state index contributed by atoms with van der Waals surface area (Å²) >= 11 is 0. The first-order valence-corrected chi connectivity index (χ1v) is 11.2. The number of hydrogen-bond donors (Lipinski definition) is 2. The molecule has 3 amide bonds. The molecule has 0 heterocycles. The zero-order valence-corrected chi connectivity index (χ0v) is 19.0. The van der Waals surface area contributed by atoms with Gasteiger partial charge in [-0.25, -0.2) is 4.79 Å². The average Bonchev–Trinajstić information content (AvgIpc) is 2.89. The smallest absolute Gasteiger partial charge is 0.326 e. The fourth-order valence-electron chi connectivity index (χ4n) is 3.76. The summed E-state index contributed by atoms with van der Waals surface area (Å²) in [6.45, 7) is 0.875. The molecule has 0 saturated carbocycles. The second-order valence-electron chi connectivity index (χ2n) is 7.79. The van der Waals surface area contributed by atoms with Gasteiger partial charge in [0.2, 0.25) is 0 Å². The largest absolute Gasteiger partial charge is 0.495 e. The summed E-state index contributed by atoms with van der Waals surface area (Å²) in [6.07, 6.45) is 0.591. The number of ether oxygens (including phenoxy) is 1. The van der Waals surface area contributed by atoms with Crippen LogP contribution in [-0.4, -0.2) is 32.1 Å². The fourth-order valence-corrected chi connectivity index (χ4v) is 3.76. The molecule has 0 spiro atoms. The number of carbonyl (C=O) groups excluding carboxylic acids is 2. The van der Waals surface area contributed by atoms with Crippen LogP contribution in [-0.2, 0) is 0 Å². The molecule has 4 aromatic rings. The number of hydrogen-bond acceptors (Lipinski definition) is 3. The molecule has 34 heavy (non-hydrogen) atoms. The van der Waals surface area contributed by atoms with Gasteiger partial charge in [-0.3, -0.25) is 9.69 Å². The molecule has 0 aliphatic rings. The van der Waals surface area contributed by atoms with Crippen molar-refractivity contribution < 1.29 is 14.3 Å². The average molecular weight is 454 g/mol. The van der Waals surface area contributed by atoms with Gasteiger partial charge in [0.25, 0.3) is 5.91 Å². The van der Waals surface area contributed by atoms with Crippen LogP contribution in [0.3, 0.4) is 0 Å². The molecular weight excluding hydrogens is 426 g/mol. The van der Waals surface area contributed by atoms with Crippen LogP contribution in [0.15, 0.2) is 97.1 Å². The lowest BCUT2D eigenvalue weighted by molar-refractivity contribution is 0.0953. The Morgan fingerprint density at radius 2 is 1.53 bits per heavy atom. The molecular formula is C28H27N3O3. The van der Waals surface area contributed by atoms with Crippen LogP contribution in [0.1, 0.15) is 16.8 Å². The van der Waals surface area contributed by atoms with Gasteiger partial charge in [0.1, 0.15) is 5.75 Å². The van der Waals surface area contributed by atoms with Crippen LogP contribution < -0.4 is 20.3 Å². The fraction of sp³-hybridized carbons (Fsp3) is 0.143. The number of rotatable bonds is 8. The van der Waals surface area contributed by atoms with Crippen molar-refractivity contribution in [1.82, 2.24) is 5.32 Å². The molecule has 0 atom stereocenters. The molecule has 0 unspecified atom stereocenters. The van der Waals surface area contributed by atoms with Gasteiger partial charge in [-0.1, -0.05) is 60.7 Å². The third-order valence-electron chi connectivity index (χ3n) is 5.52. The maximum atomic E-state index is 13.1. The SMILES string of the molecule is COc1ccccc1NC(=O)N(CCCNC(=O)c1ccc2ccccc2c1)c1ccccc1. The van der Waals surface area contributed by atoms with Crippen molar-refractivity contribution in [2.45, 2.75) is 6.42 Å². The van der Waals surface area contributed by atoms with Crippen LogP contribution in [0, 0.1) is 0 Å². The third-order valence-corrected chi connectivity index (χ3v) is 5.52. The first-order chi connectivity index (χ1) is 16.7. The number of fused-ring (bicyclic) bond motifs is 1. The summed E-state index contributed by atoms with van der Waals surface area (Å²) in [6, 6.07) is 30.1. The molecule has 0 aliphatic heterocycles. The van der Waals surface area contributed by atoms with Gasteiger partial charge in [-0.15, -0.1) is 0 Å². The van der Waals surface area contributed by atoms with Gasteiger partial charge in [0, 0.05) is 24.3 Å². The number of anilines is 2. The van der Waals surface area contributed by atoms with E-state index >= 15 is 0 Å². The highest BCUT2D eigenvalue weighted by molar-refractivity contribution is 6.02. The number of nitrogens with zero attached hydrogens (tertiary/aromatic N) is 1. The molecule has 6 nitrogen and oxygen atoms in total. The molecule has 4 aromatic carbocycles. The highest BCUT2D eigenvalue weighted by Gasteiger charge is 2.17. The van der Waals surface area contributed by atoms with E-state index in [4.69, 9.17) is 4.74 Å². The molecule has 2 N–H and O–H groups in total. The van der Waals surface area contributed by atoms with Gasteiger partial charge in [-0.05, 0) is 53.6 Å². The van der Waals surface area contributed by atoms with Gasteiger partial charge >= 0.3 is 6.03 Å².